The number of nitrogens with one attached hydrogen (secondary N) is 1. The number of methoxy groups -OCH3 is 1. The maximum atomic E-state index is 14.8. The van der Waals surface area contributed by atoms with Crippen molar-refractivity contribution in [2.24, 2.45) is 29.6 Å². The average Bonchev–Trinajstić information content (AvgIpc) is 3.56. The minimum absolute atomic E-state index is 0.00404. The number of carbonyl (C=O) groups excluding carboxylic acids is 3. The number of rotatable bonds is 5. The van der Waals surface area contributed by atoms with Gasteiger partial charge < -0.3 is 53.6 Å². The summed E-state index contributed by atoms with van der Waals surface area (Å²) in [5.41, 5.74) is -0.414. The van der Waals surface area contributed by atoms with Crippen molar-refractivity contribution >= 4 is 56.3 Å². The molecule has 7 rings (SSSR count). The van der Waals surface area contributed by atoms with Crippen LogP contribution in [0.1, 0.15) is 77.2 Å². The molecule has 16 heteroatoms. The van der Waals surface area contributed by atoms with Gasteiger partial charge >= 0.3 is 11.8 Å². The van der Waals surface area contributed by atoms with Crippen molar-refractivity contribution in [1.29, 1.82) is 0 Å². The number of ketones is 1. The van der Waals surface area contributed by atoms with Crippen molar-refractivity contribution in [3.63, 3.8) is 0 Å². The second-order valence-corrected chi connectivity index (χ2v) is 18.4. The third-order valence-electron chi connectivity index (χ3n) is 13.6. The first-order chi connectivity index (χ1) is 31.3. The Morgan fingerprint density at radius 1 is 1.00 bits per heavy atom. The number of likely N-dealkylation sites (tertiary alicyclic amines) is 1. The lowest BCUT2D eigenvalue weighted by Crippen LogP contribution is -2.46. The summed E-state index contributed by atoms with van der Waals surface area (Å²) in [5, 5.41) is 37.5. The summed E-state index contributed by atoms with van der Waals surface area (Å²) < 4.78 is 36.6. The Labute approximate surface area is 383 Å². The van der Waals surface area contributed by atoms with Crippen molar-refractivity contribution in [1.82, 2.24) is 9.88 Å². The number of esters is 1. The predicted molar refractivity (Wildman–Crippen MR) is 248 cm³/mol. The van der Waals surface area contributed by atoms with E-state index < -0.39 is 82.7 Å². The number of anilines is 1. The van der Waals surface area contributed by atoms with Crippen molar-refractivity contribution in [3.05, 3.63) is 75.7 Å². The van der Waals surface area contributed by atoms with Gasteiger partial charge in [0, 0.05) is 67.2 Å². The first kappa shape index (κ1) is 48.1. The Bertz CT molecular complexity index is 2700. The third-order valence-corrected chi connectivity index (χ3v) is 13.6. The molecule has 354 valence electrons. The number of aromatic nitrogens is 1. The number of phenolic OH excluding ortho intramolecular Hbond substituents is 1. The second-order valence-electron chi connectivity index (χ2n) is 18.4. The zero-order valence-corrected chi connectivity index (χ0v) is 39.2. The number of carbonyl (C=O) groups is 3. The summed E-state index contributed by atoms with van der Waals surface area (Å²) in [6.07, 6.45) is 5.65. The number of nitrogens with zero attached hydrogens (tertiary/aromatic N) is 2. The van der Waals surface area contributed by atoms with Crippen molar-refractivity contribution in [2.45, 2.75) is 98.4 Å². The summed E-state index contributed by atoms with van der Waals surface area (Å²) in [5.74, 6) is -6.33. The van der Waals surface area contributed by atoms with E-state index in [0.29, 0.717) is 23.8 Å². The number of allylic oxidation sites excluding steroid dienone is 2. The van der Waals surface area contributed by atoms with Crippen molar-refractivity contribution < 1.29 is 57.8 Å². The number of benzene rings is 3. The first-order valence-corrected chi connectivity index (χ1v) is 22.5. The fourth-order valence-electron chi connectivity index (χ4n) is 9.32. The Hall–Kier alpha value is -5.81. The molecule has 0 aliphatic carbocycles. The van der Waals surface area contributed by atoms with Gasteiger partial charge in [-0.05, 0) is 71.0 Å². The second kappa shape index (κ2) is 19.2. The number of hydrogen-bond donors (Lipinski definition) is 4. The van der Waals surface area contributed by atoms with Crippen LogP contribution in [0.5, 0.6) is 17.2 Å². The quantitative estimate of drug-likeness (QED) is 0.0708. The van der Waals surface area contributed by atoms with E-state index in [2.05, 4.69) is 17.3 Å². The molecule has 0 saturated carbocycles. The van der Waals surface area contributed by atoms with Gasteiger partial charge in [0.1, 0.15) is 34.3 Å². The number of hydrogen-bond acceptors (Lipinski definition) is 15. The van der Waals surface area contributed by atoms with E-state index >= 15 is 0 Å². The highest BCUT2D eigenvalue weighted by Crippen LogP contribution is 2.48. The minimum atomic E-state index is -2.04. The van der Waals surface area contributed by atoms with E-state index in [1.54, 1.807) is 65.0 Å². The molecule has 0 spiro atoms. The van der Waals surface area contributed by atoms with Crippen LogP contribution in [0.25, 0.3) is 33.0 Å². The molecule has 0 radical (unpaired) electrons. The number of piperidine rings is 1. The van der Waals surface area contributed by atoms with E-state index in [9.17, 15) is 34.5 Å². The van der Waals surface area contributed by atoms with Gasteiger partial charge in [-0.1, -0.05) is 45.9 Å². The van der Waals surface area contributed by atoms with Gasteiger partial charge in [-0.15, -0.1) is 0 Å². The van der Waals surface area contributed by atoms with Crippen LogP contribution < -0.4 is 20.2 Å². The number of Topliss-reactive ketones (excluding diaryl/α,β-unsaturated/α-hetero) is 1. The van der Waals surface area contributed by atoms with Crippen LogP contribution >= 0.6 is 0 Å². The van der Waals surface area contributed by atoms with E-state index in [0.717, 1.165) is 25.9 Å². The number of fused-ring (bicyclic) bond motifs is 2. The summed E-state index contributed by atoms with van der Waals surface area (Å²) in [4.78, 5) is 62.8. The molecule has 1 aromatic heterocycles. The Morgan fingerprint density at radius 2 is 1.71 bits per heavy atom. The molecule has 4 heterocycles. The maximum absolute atomic E-state index is 14.8. The number of aliphatic hydroxyl groups is 2. The largest absolute Gasteiger partial charge is 0.505 e. The fourth-order valence-corrected chi connectivity index (χ4v) is 9.32. The molecule has 4 bridgehead atoms. The zero-order valence-electron chi connectivity index (χ0n) is 39.2. The zero-order chi connectivity index (χ0) is 47.9. The lowest BCUT2D eigenvalue weighted by molar-refractivity contribution is -0.160. The summed E-state index contributed by atoms with van der Waals surface area (Å²) in [7, 11) is 3.55. The van der Waals surface area contributed by atoms with Crippen molar-refractivity contribution in [3.8, 4) is 17.2 Å². The summed E-state index contributed by atoms with van der Waals surface area (Å²) >= 11 is 0. The smallest absolute Gasteiger partial charge is 0.312 e. The molecule has 3 aliphatic heterocycles. The standard InChI is InChI=1S/C50H61N3O13/c1-24-12-11-13-25(2)49(60)52-40-44(58)37-36(39-47(40)65-35-22-32(14-15-33(35)51-39)62-23-31-16-19-53(9)20-17-31)38-46(29(6)43(37)57)66-50(8,48(38)59)63-21-18-34(61-10)26(3)45(64-30(7)54)28(5)42(56)27(4)41(24)55/h11-15,18,21-22,24,26-28,31,34,41-42,45,55-56,58H,16-17,19-20,23H2,1-10H3,(H,52,60)/b12-11+,21-18+,25-13-/t24-,26+,27+,28+,34-,41-,42+,45+,50-/m0/s1. The fraction of sp³-hybridized carbons (Fsp3) is 0.500. The van der Waals surface area contributed by atoms with Crippen LogP contribution in [0.15, 0.2) is 63.6 Å². The van der Waals surface area contributed by atoms with Crippen LogP contribution in [0, 0.1) is 36.5 Å². The SMILES string of the molecule is CO[C@H]1/C=C/O[C@@]2(C)Oc3c(C)c(=O)c4c(O)c(c5oc6cc(OCC7CCN(C)CC7)ccc6nc5c4c3C2=O)NC(=O)/C(C)=C\C=C\[C@H](C)[C@H](O)[C@@H](C)[C@@H](O)[C@@H](C)[C@H](OC(C)=O)[C@@H]1C. The van der Waals surface area contributed by atoms with Gasteiger partial charge in [0.2, 0.25) is 0 Å². The minimum Gasteiger partial charge on any atom is -0.505 e. The van der Waals surface area contributed by atoms with E-state index in [1.807, 2.05) is 0 Å². The van der Waals surface area contributed by atoms with Gasteiger partial charge in [0.15, 0.2) is 22.3 Å². The molecule has 3 aliphatic rings. The first-order valence-electron chi connectivity index (χ1n) is 22.5. The van der Waals surface area contributed by atoms with Crippen LogP contribution in [0.2, 0.25) is 0 Å². The molecule has 16 nitrogen and oxygen atoms in total. The third kappa shape index (κ3) is 9.15. The van der Waals surface area contributed by atoms with E-state index in [1.165, 1.54) is 46.3 Å². The van der Waals surface area contributed by atoms with Crippen LogP contribution in [0.4, 0.5) is 5.69 Å². The number of phenols is 1. The predicted octanol–water partition coefficient (Wildman–Crippen LogP) is 6.72. The van der Waals surface area contributed by atoms with E-state index in [-0.39, 0.29) is 55.6 Å². The van der Waals surface area contributed by atoms with Crippen LogP contribution in [-0.4, -0.2) is 107 Å². The Kier molecular flexibility index (Phi) is 14.0. The average molecular weight is 912 g/mol. The molecule has 9 atom stereocenters. The summed E-state index contributed by atoms with van der Waals surface area (Å²) in [6.45, 7) is 15.1. The molecule has 1 saturated heterocycles. The molecule has 4 aromatic rings. The highest BCUT2D eigenvalue weighted by atomic mass is 16.7. The molecular formula is C50H61N3O13. The van der Waals surface area contributed by atoms with Crippen molar-refractivity contribution in [2.75, 3.05) is 39.2 Å². The van der Waals surface area contributed by atoms with Crippen LogP contribution in [-0.2, 0) is 23.8 Å². The number of aromatic hydroxyl groups is 1. The molecule has 1 fully saturated rings. The molecule has 66 heavy (non-hydrogen) atoms. The topological polar surface area (TPSA) is 216 Å². The number of ether oxygens (including phenoxy) is 5. The molecule has 4 N–H and O–H groups in total. The number of aliphatic hydroxyl groups excluding tert-OH is 2. The highest BCUT2D eigenvalue weighted by Gasteiger charge is 2.49. The monoisotopic (exact) mass is 911 g/mol. The highest BCUT2D eigenvalue weighted by molar-refractivity contribution is 6.26. The molecular weight excluding hydrogens is 851 g/mol. The normalized spacial score (nSPS) is 30.2. The lowest BCUT2D eigenvalue weighted by atomic mass is 9.78. The van der Waals surface area contributed by atoms with Gasteiger partial charge in [0.25, 0.3) is 11.7 Å². The van der Waals surface area contributed by atoms with Gasteiger partial charge in [0.05, 0.1) is 42.1 Å². The lowest BCUT2D eigenvalue weighted by Gasteiger charge is -2.38. The van der Waals surface area contributed by atoms with E-state index in [4.69, 9.17) is 33.1 Å². The molecule has 0 unspecified atom stereocenters. The molecule has 3 aromatic carbocycles. The summed E-state index contributed by atoms with van der Waals surface area (Å²) in [6, 6.07) is 5.12. The van der Waals surface area contributed by atoms with Gasteiger partial charge in [-0.3, -0.25) is 19.2 Å². The maximum Gasteiger partial charge on any atom is 0.312 e. The van der Waals surface area contributed by atoms with Gasteiger partial charge in [-0.25, -0.2) is 4.98 Å². The molecule has 1 amide bonds. The van der Waals surface area contributed by atoms with Gasteiger partial charge in [-0.2, -0.15) is 0 Å². The Morgan fingerprint density at radius 3 is 2.39 bits per heavy atom. The number of amides is 1. The Balaban J connectivity index is 1.40. The van der Waals surface area contributed by atoms with Crippen LogP contribution in [0.3, 0.4) is 0 Å².